The lowest BCUT2D eigenvalue weighted by atomic mass is 9.85. The molecule has 2 aliphatic heterocycles. The number of hydrogen-bond acceptors (Lipinski definition) is 3. The minimum Gasteiger partial charge on any atom is -0.337 e. The Morgan fingerprint density at radius 2 is 1.58 bits per heavy atom. The van der Waals surface area contributed by atoms with Crippen molar-refractivity contribution in [2.24, 2.45) is 23.7 Å². The first-order valence-corrected chi connectivity index (χ1v) is 9.33. The summed E-state index contributed by atoms with van der Waals surface area (Å²) >= 11 is 0. The summed E-state index contributed by atoms with van der Waals surface area (Å²) in [7, 11) is 0. The van der Waals surface area contributed by atoms with Crippen molar-refractivity contribution in [3.8, 4) is 0 Å². The topological polar surface area (TPSA) is 57.7 Å². The van der Waals surface area contributed by atoms with Gasteiger partial charge in [0.05, 0.1) is 11.8 Å². The number of nitrogens with zero attached hydrogens (tertiary/aromatic N) is 2. The molecule has 6 unspecified atom stereocenters. The molecule has 0 aromatic rings. The van der Waals surface area contributed by atoms with Gasteiger partial charge in [-0.3, -0.25) is 19.3 Å². The third kappa shape index (κ3) is 2.24. The highest BCUT2D eigenvalue weighted by Gasteiger charge is 2.59. The quantitative estimate of drug-likeness (QED) is 0.587. The minimum absolute atomic E-state index is 0.0469. The van der Waals surface area contributed by atoms with Crippen LogP contribution in [0.4, 0.5) is 0 Å². The van der Waals surface area contributed by atoms with Gasteiger partial charge in [-0.05, 0) is 51.4 Å². The minimum atomic E-state index is -0.157. The van der Waals surface area contributed by atoms with Crippen LogP contribution in [-0.2, 0) is 14.4 Å². The summed E-state index contributed by atoms with van der Waals surface area (Å²) in [6.45, 7) is 4.43. The molecule has 0 spiro atoms. The zero-order valence-electron chi connectivity index (χ0n) is 14.5. The summed E-state index contributed by atoms with van der Waals surface area (Å²) in [5.74, 6) is 0.140. The Hall–Kier alpha value is -1.65. The number of fused-ring (bicyclic) bond motifs is 5. The zero-order valence-corrected chi connectivity index (χ0v) is 14.5. The van der Waals surface area contributed by atoms with E-state index >= 15 is 0 Å². The van der Waals surface area contributed by atoms with Crippen molar-refractivity contribution in [1.29, 1.82) is 0 Å². The van der Waals surface area contributed by atoms with E-state index in [0.29, 0.717) is 0 Å². The second-order valence-electron chi connectivity index (χ2n) is 8.01. The first kappa shape index (κ1) is 15.9. The van der Waals surface area contributed by atoms with E-state index in [1.807, 2.05) is 4.90 Å². The van der Waals surface area contributed by atoms with E-state index in [9.17, 15) is 14.4 Å². The second-order valence-corrected chi connectivity index (χ2v) is 8.01. The van der Waals surface area contributed by atoms with E-state index in [0.717, 1.165) is 25.7 Å². The summed E-state index contributed by atoms with van der Waals surface area (Å²) in [5.41, 5.74) is 0. The Bertz CT molecular complexity index is 574. The molecule has 0 N–H and O–H groups in total. The summed E-state index contributed by atoms with van der Waals surface area (Å²) in [6, 6.07) is 0.510. The lowest BCUT2D eigenvalue weighted by Gasteiger charge is -2.39. The van der Waals surface area contributed by atoms with Gasteiger partial charge in [0.15, 0.2) is 0 Å². The van der Waals surface area contributed by atoms with Crippen LogP contribution in [-0.4, -0.2) is 46.1 Å². The van der Waals surface area contributed by atoms with Crippen molar-refractivity contribution in [1.82, 2.24) is 9.80 Å². The normalized spacial score (nSPS) is 40.6. The first-order chi connectivity index (χ1) is 11.5. The van der Waals surface area contributed by atoms with Gasteiger partial charge in [0.25, 0.3) is 0 Å². The van der Waals surface area contributed by atoms with Gasteiger partial charge >= 0.3 is 0 Å². The van der Waals surface area contributed by atoms with Crippen LogP contribution in [0.25, 0.3) is 0 Å². The van der Waals surface area contributed by atoms with Gasteiger partial charge in [0.2, 0.25) is 17.7 Å². The van der Waals surface area contributed by atoms with Crippen LogP contribution in [0, 0.1) is 23.7 Å². The first-order valence-electron chi connectivity index (χ1n) is 9.33. The second kappa shape index (κ2) is 5.71. The van der Waals surface area contributed by atoms with E-state index in [1.165, 1.54) is 4.90 Å². The maximum atomic E-state index is 12.7. The molecule has 4 rings (SSSR count). The van der Waals surface area contributed by atoms with Gasteiger partial charge in [0.1, 0.15) is 0 Å². The summed E-state index contributed by atoms with van der Waals surface area (Å²) in [4.78, 5) is 41.3. The summed E-state index contributed by atoms with van der Waals surface area (Å²) in [5, 5.41) is 0. The van der Waals surface area contributed by atoms with Crippen molar-refractivity contribution < 1.29 is 14.4 Å². The average molecular weight is 330 g/mol. The molecule has 2 aliphatic carbocycles. The fraction of sp³-hybridized carbons (Fsp3) is 0.737. The van der Waals surface area contributed by atoms with E-state index in [-0.39, 0.29) is 66.4 Å². The summed E-state index contributed by atoms with van der Waals surface area (Å²) < 4.78 is 0. The van der Waals surface area contributed by atoms with Crippen LogP contribution < -0.4 is 0 Å². The standard InChI is InChI=1S/C19H26N2O3/c1-11-4-3-5-12(2)21(11)15(22)8-9-20-18(23)16-13-6-7-14(10-13)17(16)19(20)24/h6-7,11-14,16-17H,3-5,8-10H2,1-2H3. The van der Waals surface area contributed by atoms with E-state index in [4.69, 9.17) is 0 Å². The van der Waals surface area contributed by atoms with Crippen molar-refractivity contribution in [3.63, 3.8) is 0 Å². The highest BCUT2D eigenvalue weighted by molar-refractivity contribution is 6.06. The molecule has 5 heteroatoms. The Kier molecular flexibility index (Phi) is 3.77. The van der Waals surface area contributed by atoms with Crippen LogP contribution in [0.3, 0.4) is 0 Å². The molecule has 3 amide bonds. The zero-order chi connectivity index (χ0) is 17.0. The van der Waals surface area contributed by atoms with Crippen LogP contribution >= 0.6 is 0 Å². The monoisotopic (exact) mass is 330 g/mol. The molecule has 0 aromatic carbocycles. The van der Waals surface area contributed by atoms with Crippen LogP contribution in [0.2, 0.25) is 0 Å². The lowest BCUT2D eigenvalue weighted by Crippen LogP contribution is -2.48. The maximum absolute atomic E-state index is 12.7. The van der Waals surface area contributed by atoms with E-state index < -0.39 is 0 Å². The van der Waals surface area contributed by atoms with E-state index in [1.54, 1.807) is 0 Å². The molecule has 3 fully saturated rings. The number of imide groups is 1. The number of amides is 3. The largest absolute Gasteiger partial charge is 0.337 e. The fourth-order valence-corrected chi connectivity index (χ4v) is 5.43. The molecule has 24 heavy (non-hydrogen) atoms. The molecule has 0 aromatic heterocycles. The molecule has 5 nitrogen and oxygen atoms in total. The molecule has 130 valence electrons. The lowest BCUT2D eigenvalue weighted by molar-refractivity contribution is -0.142. The van der Waals surface area contributed by atoms with E-state index in [2.05, 4.69) is 26.0 Å². The molecule has 2 saturated heterocycles. The molecule has 2 bridgehead atoms. The summed E-state index contributed by atoms with van der Waals surface area (Å²) in [6.07, 6.45) is 8.64. The molecular weight excluding hydrogens is 304 g/mol. The van der Waals surface area contributed by atoms with Gasteiger partial charge in [-0.1, -0.05) is 12.2 Å². The number of allylic oxidation sites excluding steroid dienone is 2. The van der Waals surface area contributed by atoms with Gasteiger partial charge in [-0.15, -0.1) is 0 Å². The molecule has 2 heterocycles. The van der Waals surface area contributed by atoms with Crippen molar-refractivity contribution in [2.45, 2.75) is 58.0 Å². The molecule has 1 saturated carbocycles. The number of carbonyl (C=O) groups is 3. The Balaban J connectivity index is 1.41. The van der Waals surface area contributed by atoms with Crippen LogP contribution in [0.15, 0.2) is 12.2 Å². The number of carbonyl (C=O) groups excluding carboxylic acids is 3. The molecule has 0 radical (unpaired) electrons. The Morgan fingerprint density at radius 3 is 2.12 bits per heavy atom. The maximum Gasteiger partial charge on any atom is 0.233 e. The average Bonchev–Trinajstić information content (AvgIpc) is 3.20. The van der Waals surface area contributed by atoms with Crippen LogP contribution in [0.5, 0.6) is 0 Å². The highest BCUT2D eigenvalue weighted by Crippen LogP contribution is 2.52. The van der Waals surface area contributed by atoms with Gasteiger partial charge in [0, 0.05) is 25.0 Å². The van der Waals surface area contributed by atoms with Crippen molar-refractivity contribution in [2.75, 3.05) is 6.54 Å². The van der Waals surface area contributed by atoms with Crippen LogP contribution in [0.1, 0.15) is 46.0 Å². The van der Waals surface area contributed by atoms with Gasteiger partial charge < -0.3 is 4.90 Å². The molecular formula is C19H26N2O3. The van der Waals surface area contributed by atoms with Gasteiger partial charge in [-0.2, -0.15) is 0 Å². The fourth-order valence-electron chi connectivity index (χ4n) is 5.43. The predicted octanol–water partition coefficient (Wildman–Crippen LogP) is 1.97. The van der Waals surface area contributed by atoms with Crippen molar-refractivity contribution >= 4 is 17.7 Å². The smallest absolute Gasteiger partial charge is 0.233 e. The molecule has 6 atom stereocenters. The third-order valence-corrected chi connectivity index (χ3v) is 6.59. The van der Waals surface area contributed by atoms with Gasteiger partial charge in [-0.25, -0.2) is 0 Å². The Morgan fingerprint density at radius 1 is 1.04 bits per heavy atom. The highest BCUT2D eigenvalue weighted by atomic mass is 16.2. The SMILES string of the molecule is CC1CCCC(C)N1C(=O)CCN1C(=O)C2C3C=CC(C3)C2C1=O. The molecule has 4 aliphatic rings. The Labute approximate surface area is 143 Å². The number of likely N-dealkylation sites (tertiary alicyclic amines) is 2. The predicted molar refractivity (Wildman–Crippen MR) is 88.7 cm³/mol. The van der Waals surface area contributed by atoms with Crippen molar-refractivity contribution in [3.05, 3.63) is 12.2 Å². The third-order valence-electron chi connectivity index (χ3n) is 6.59. The number of rotatable bonds is 3. The number of hydrogen-bond donors (Lipinski definition) is 0. The number of piperidine rings is 1.